The third-order valence-corrected chi connectivity index (χ3v) is 3.46. The van der Waals surface area contributed by atoms with Gasteiger partial charge in [-0.2, -0.15) is 0 Å². The zero-order valence-corrected chi connectivity index (χ0v) is 11.9. The van der Waals surface area contributed by atoms with Gasteiger partial charge in [-0.05, 0) is 38.8 Å². The molecule has 102 valence electrons. The summed E-state index contributed by atoms with van der Waals surface area (Å²) >= 11 is 0. The summed E-state index contributed by atoms with van der Waals surface area (Å²) in [4.78, 5) is 2.56. The van der Waals surface area contributed by atoms with Crippen LogP contribution in [0.2, 0.25) is 0 Å². The van der Waals surface area contributed by atoms with E-state index in [-0.39, 0.29) is 0 Å². The minimum Gasteiger partial charge on any atom is -0.380 e. The molecule has 3 heteroatoms. The van der Waals surface area contributed by atoms with Crippen molar-refractivity contribution < 1.29 is 4.74 Å². The summed E-state index contributed by atoms with van der Waals surface area (Å²) in [5.74, 6) is 0.744. The molecule has 1 aliphatic heterocycles. The minimum absolute atomic E-state index is 0.654. The first-order valence-electron chi connectivity index (χ1n) is 7.25. The van der Waals surface area contributed by atoms with Crippen LogP contribution in [-0.4, -0.2) is 50.3 Å². The van der Waals surface area contributed by atoms with Gasteiger partial charge in [-0.3, -0.25) is 0 Å². The fourth-order valence-corrected chi connectivity index (χ4v) is 2.22. The Bertz CT molecular complexity index is 187. The third kappa shape index (κ3) is 7.02. The predicted octanol–water partition coefficient (Wildman–Crippen LogP) is 2.12. The molecule has 1 N–H and O–H groups in total. The summed E-state index contributed by atoms with van der Waals surface area (Å²) in [6, 6.07) is 0.654. The van der Waals surface area contributed by atoms with Crippen LogP contribution in [0.4, 0.5) is 0 Å². The summed E-state index contributed by atoms with van der Waals surface area (Å²) < 4.78 is 5.65. The smallest absolute Gasteiger partial charge is 0.0593 e. The van der Waals surface area contributed by atoms with Crippen LogP contribution in [0, 0.1) is 5.92 Å². The molecular weight excluding hydrogens is 212 g/mol. The van der Waals surface area contributed by atoms with Crippen molar-refractivity contribution in [1.29, 1.82) is 0 Å². The first kappa shape index (κ1) is 14.9. The monoisotopic (exact) mass is 242 g/mol. The summed E-state index contributed by atoms with van der Waals surface area (Å²) in [7, 11) is 0. The molecule has 0 radical (unpaired) electrons. The van der Waals surface area contributed by atoms with Crippen molar-refractivity contribution in [3.8, 4) is 0 Å². The molecule has 0 aromatic carbocycles. The predicted molar refractivity (Wildman–Crippen MR) is 73.4 cm³/mol. The van der Waals surface area contributed by atoms with Gasteiger partial charge in [-0.25, -0.2) is 0 Å². The van der Waals surface area contributed by atoms with E-state index in [4.69, 9.17) is 4.74 Å². The molecule has 1 rings (SSSR count). The van der Waals surface area contributed by atoms with Crippen LogP contribution in [0.1, 0.15) is 40.0 Å². The van der Waals surface area contributed by atoms with Gasteiger partial charge in [0.15, 0.2) is 0 Å². The van der Waals surface area contributed by atoms with Crippen LogP contribution in [-0.2, 0) is 4.74 Å². The van der Waals surface area contributed by atoms with Gasteiger partial charge in [0, 0.05) is 25.7 Å². The molecular formula is C14H30N2O. The quantitative estimate of drug-likeness (QED) is 0.722. The van der Waals surface area contributed by atoms with Crippen molar-refractivity contribution in [3.05, 3.63) is 0 Å². The maximum Gasteiger partial charge on any atom is 0.0593 e. The van der Waals surface area contributed by atoms with Gasteiger partial charge in [0.2, 0.25) is 0 Å². The molecule has 3 nitrogen and oxygen atoms in total. The molecule has 0 amide bonds. The molecule has 1 heterocycles. The van der Waals surface area contributed by atoms with E-state index in [1.54, 1.807) is 0 Å². The summed E-state index contributed by atoms with van der Waals surface area (Å²) in [5.41, 5.74) is 0. The molecule has 0 spiro atoms. The van der Waals surface area contributed by atoms with Gasteiger partial charge in [0.05, 0.1) is 6.61 Å². The Kier molecular flexibility index (Phi) is 7.82. The number of hydrogen-bond acceptors (Lipinski definition) is 3. The molecule has 17 heavy (non-hydrogen) atoms. The molecule has 0 aromatic rings. The number of unbranched alkanes of at least 4 members (excludes halogenated alkanes) is 1. The lowest BCUT2D eigenvalue weighted by atomic mass is 10.1. The Hall–Kier alpha value is -0.120. The highest BCUT2D eigenvalue weighted by Crippen LogP contribution is 2.06. The first-order valence-corrected chi connectivity index (χ1v) is 7.25. The number of rotatable bonds is 6. The van der Waals surface area contributed by atoms with E-state index in [0.717, 1.165) is 32.2 Å². The van der Waals surface area contributed by atoms with E-state index in [2.05, 4.69) is 31.0 Å². The molecule has 2 unspecified atom stereocenters. The highest BCUT2D eigenvalue weighted by atomic mass is 16.5. The van der Waals surface area contributed by atoms with Crippen LogP contribution in [0.25, 0.3) is 0 Å². The van der Waals surface area contributed by atoms with Gasteiger partial charge in [-0.15, -0.1) is 0 Å². The first-order chi connectivity index (χ1) is 8.22. The fraction of sp³-hybridized carbons (Fsp3) is 1.00. The van der Waals surface area contributed by atoms with E-state index in [9.17, 15) is 0 Å². The number of ether oxygens (including phenoxy) is 1. The highest BCUT2D eigenvalue weighted by molar-refractivity contribution is 4.73. The average Bonchev–Trinajstić information content (AvgIpc) is 2.31. The number of hydrogen-bond donors (Lipinski definition) is 1. The SMILES string of the molecule is CCCCOCCN1CCC(C)NCC(C)C1. The Morgan fingerprint density at radius 1 is 1.29 bits per heavy atom. The maximum absolute atomic E-state index is 5.65. The largest absolute Gasteiger partial charge is 0.380 e. The lowest BCUT2D eigenvalue weighted by Crippen LogP contribution is -2.43. The molecule has 0 aliphatic carbocycles. The Morgan fingerprint density at radius 2 is 2.12 bits per heavy atom. The van der Waals surface area contributed by atoms with E-state index in [1.807, 2.05) is 0 Å². The van der Waals surface area contributed by atoms with Crippen molar-refractivity contribution >= 4 is 0 Å². The number of nitrogens with zero attached hydrogens (tertiary/aromatic N) is 1. The van der Waals surface area contributed by atoms with Crippen LogP contribution >= 0.6 is 0 Å². The fourth-order valence-electron chi connectivity index (χ4n) is 2.22. The van der Waals surface area contributed by atoms with Gasteiger partial charge in [0.25, 0.3) is 0 Å². The lowest BCUT2D eigenvalue weighted by molar-refractivity contribution is 0.0914. The molecule has 0 bridgehead atoms. The van der Waals surface area contributed by atoms with Gasteiger partial charge in [0.1, 0.15) is 0 Å². The molecule has 0 saturated carbocycles. The molecule has 1 aliphatic rings. The van der Waals surface area contributed by atoms with Crippen molar-refractivity contribution in [2.45, 2.75) is 46.1 Å². The van der Waals surface area contributed by atoms with E-state index in [0.29, 0.717) is 6.04 Å². The zero-order valence-electron chi connectivity index (χ0n) is 11.9. The second kappa shape index (κ2) is 8.90. The third-order valence-electron chi connectivity index (χ3n) is 3.46. The van der Waals surface area contributed by atoms with E-state index >= 15 is 0 Å². The molecule has 1 saturated heterocycles. The summed E-state index contributed by atoms with van der Waals surface area (Å²) in [5, 5.41) is 3.58. The Labute approximate surface area is 107 Å². The van der Waals surface area contributed by atoms with Crippen LogP contribution in [0.5, 0.6) is 0 Å². The van der Waals surface area contributed by atoms with Gasteiger partial charge < -0.3 is 15.0 Å². The molecule has 2 atom stereocenters. The van der Waals surface area contributed by atoms with Crippen molar-refractivity contribution in [2.75, 3.05) is 39.4 Å². The Balaban J connectivity index is 2.16. The second-order valence-corrected chi connectivity index (χ2v) is 5.47. The van der Waals surface area contributed by atoms with Crippen molar-refractivity contribution in [1.82, 2.24) is 10.2 Å². The van der Waals surface area contributed by atoms with Crippen LogP contribution in [0.3, 0.4) is 0 Å². The Morgan fingerprint density at radius 3 is 2.88 bits per heavy atom. The molecule has 0 aromatic heterocycles. The lowest BCUT2D eigenvalue weighted by Gasteiger charge is -2.31. The van der Waals surface area contributed by atoms with Crippen LogP contribution < -0.4 is 5.32 Å². The van der Waals surface area contributed by atoms with Crippen LogP contribution in [0.15, 0.2) is 0 Å². The van der Waals surface area contributed by atoms with E-state index < -0.39 is 0 Å². The second-order valence-electron chi connectivity index (χ2n) is 5.47. The van der Waals surface area contributed by atoms with Gasteiger partial charge in [-0.1, -0.05) is 20.3 Å². The minimum atomic E-state index is 0.654. The summed E-state index contributed by atoms with van der Waals surface area (Å²) in [6.07, 6.45) is 3.67. The average molecular weight is 242 g/mol. The zero-order chi connectivity index (χ0) is 12.5. The normalized spacial score (nSPS) is 27.7. The standard InChI is InChI=1S/C14H30N2O/c1-4-5-9-17-10-8-16-7-6-14(3)15-11-13(2)12-16/h13-15H,4-12H2,1-3H3. The molecule has 1 fully saturated rings. The topological polar surface area (TPSA) is 24.5 Å². The van der Waals surface area contributed by atoms with Crippen molar-refractivity contribution in [2.24, 2.45) is 5.92 Å². The maximum atomic E-state index is 5.65. The number of nitrogens with one attached hydrogen (secondary N) is 1. The highest BCUT2D eigenvalue weighted by Gasteiger charge is 2.15. The summed E-state index contributed by atoms with van der Waals surface area (Å²) in [6.45, 7) is 13.3. The van der Waals surface area contributed by atoms with Gasteiger partial charge >= 0.3 is 0 Å². The van der Waals surface area contributed by atoms with E-state index in [1.165, 1.54) is 32.4 Å². The van der Waals surface area contributed by atoms with Crippen molar-refractivity contribution in [3.63, 3.8) is 0 Å².